The Labute approximate surface area is 164 Å². The molecule has 0 saturated carbocycles. The van der Waals surface area contributed by atoms with Gasteiger partial charge in [0.15, 0.2) is 11.5 Å². The van der Waals surface area contributed by atoms with Crippen LogP contribution in [0.4, 0.5) is 0 Å². The van der Waals surface area contributed by atoms with Crippen molar-refractivity contribution in [3.63, 3.8) is 0 Å². The number of carbonyl (C=O) groups is 2. The molecule has 1 N–H and O–H groups in total. The van der Waals surface area contributed by atoms with Gasteiger partial charge in [0.2, 0.25) is 5.91 Å². The van der Waals surface area contributed by atoms with Crippen LogP contribution in [0.15, 0.2) is 22.7 Å². The summed E-state index contributed by atoms with van der Waals surface area (Å²) >= 11 is 0. The van der Waals surface area contributed by atoms with Crippen LogP contribution in [0.5, 0.6) is 11.5 Å². The summed E-state index contributed by atoms with van der Waals surface area (Å²) in [6, 6.07) is 4.63. The number of nitrogens with zero attached hydrogens (tertiary/aromatic N) is 1. The van der Waals surface area contributed by atoms with E-state index >= 15 is 0 Å². The van der Waals surface area contributed by atoms with Crippen LogP contribution in [0.2, 0.25) is 0 Å². The lowest BCUT2D eigenvalue weighted by atomic mass is 9.96. The van der Waals surface area contributed by atoms with Gasteiger partial charge < -0.3 is 24.1 Å². The molecule has 2 unspecified atom stereocenters. The molecule has 8 heteroatoms. The van der Waals surface area contributed by atoms with E-state index in [1.54, 1.807) is 39.0 Å². The fraction of sp³-hybridized carbons (Fsp3) is 0.450. The average Bonchev–Trinajstić information content (AvgIpc) is 3.03. The smallest absolute Gasteiger partial charge is 0.307 e. The lowest BCUT2D eigenvalue weighted by Gasteiger charge is -2.22. The van der Waals surface area contributed by atoms with Crippen molar-refractivity contribution in [2.75, 3.05) is 21.3 Å². The third-order valence-corrected chi connectivity index (χ3v) is 4.64. The number of amides is 1. The Kier molecular flexibility index (Phi) is 7.03. The minimum atomic E-state index is -0.595. The summed E-state index contributed by atoms with van der Waals surface area (Å²) in [6.07, 6.45) is -0.0218. The summed E-state index contributed by atoms with van der Waals surface area (Å²) in [5.41, 5.74) is 2.10. The third-order valence-electron chi connectivity index (χ3n) is 4.64. The van der Waals surface area contributed by atoms with Gasteiger partial charge in [-0.05, 0) is 38.5 Å². The minimum absolute atomic E-state index is 0.0218. The Morgan fingerprint density at radius 3 is 2.36 bits per heavy atom. The van der Waals surface area contributed by atoms with Gasteiger partial charge in [-0.15, -0.1) is 0 Å². The molecule has 2 aromatic rings. The van der Waals surface area contributed by atoms with Crippen molar-refractivity contribution in [3.8, 4) is 11.5 Å². The maximum atomic E-state index is 12.9. The molecular formula is C20H26N2O6. The summed E-state index contributed by atoms with van der Waals surface area (Å²) in [7, 11) is 4.37. The molecule has 28 heavy (non-hydrogen) atoms. The molecule has 1 amide bonds. The van der Waals surface area contributed by atoms with Crippen LogP contribution in [0.3, 0.4) is 0 Å². The van der Waals surface area contributed by atoms with Gasteiger partial charge in [-0.2, -0.15) is 0 Å². The largest absolute Gasteiger partial charge is 0.493 e. The highest BCUT2D eigenvalue weighted by Gasteiger charge is 2.27. The molecule has 152 valence electrons. The summed E-state index contributed by atoms with van der Waals surface area (Å²) in [5.74, 6) is 0.465. The van der Waals surface area contributed by atoms with Crippen LogP contribution in [0, 0.1) is 13.8 Å². The molecule has 0 aliphatic heterocycles. The molecule has 8 nitrogen and oxygen atoms in total. The lowest BCUT2D eigenvalue weighted by molar-refractivity contribution is -0.141. The van der Waals surface area contributed by atoms with E-state index in [4.69, 9.17) is 18.7 Å². The number of hydrogen-bond acceptors (Lipinski definition) is 7. The zero-order chi connectivity index (χ0) is 20.8. The molecule has 0 aliphatic carbocycles. The average molecular weight is 390 g/mol. The van der Waals surface area contributed by atoms with E-state index < -0.39 is 17.9 Å². The van der Waals surface area contributed by atoms with Crippen LogP contribution >= 0.6 is 0 Å². The summed E-state index contributed by atoms with van der Waals surface area (Å²) < 4.78 is 20.5. The van der Waals surface area contributed by atoms with Crippen molar-refractivity contribution < 1.29 is 28.3 Å². The van der Waals surface area contributed by atoms with Gasteiger partial charge in [0.1, 0.15) is 5.76 Å². The summed E-state index contributed by atoms with van der Waals surface area (Å²) in [4.78, 5) is 24.8. The van der Waals surface area contributed by atoms with Crippen molar-refractivity contribution >= 4 is 11.9 Å². The molecular weight excluding hydrogens is 364 g/mol. The van der Waals surface area contributed by atoms with Gasteiger partial charge in [-0.25, -0.2) is 0 Å². The van der Waals surface area contributed by atoms with Gasteiger partial charge >= 0.3 is 5.97 Å². The number of nitrogens with one attached hydrogen (secondary N) is 1. The number of methoxy groups -OCH3 is 3. The molecule has 0 fully saturated rings. The highest BCUT2D eigenvalue weighted by molar-refractivity contribution is 5.84. The number of rotatable bonds is 8. The van der Waals surface area contributed by atoms with E-state index in [-0.39, 0.29) is 12.3 Å². The lowest BCUT2D eigenvalue weighted by Crippen LogP contribution is -2.33. The Balaban J connectivity index is 2.31. The van der Waals surface area contributed by atoms with E-state index in [2.05, 4.69) is 10.5 Å². The molecule has 1 aromatic heterocycles. The maximum Gasteiger partial charge on any atom is 0.307 e. The molecule has 2 atom stereocenters. The summed E-state index contributed by atoms with van der Waals surface area (Å²) in [6.45, 7) is 5.32. The van der Waals surface area contributed by atoms with E-state index in [0.29, 0.717) is 28.5 Å². The highest BCUT2D eigenvalue weighted by Crippen LogP contribution is 2.32. The van der Waals surface area contributed by atoms with E-state index in [1.807, 2.05) is 0 Å². The normalized spacial score (nSPS) is 12.8. The van der Waals surface area contributed by atoms with E-state index in [9.17, 15) is 9.59 Å². The van der Waals surface area contributed by atoms with Crippen LogP contribution in [0.25, 0.3) is 0 Å². The molecule has 0 radical (unpaired) electrons. The molecule has 0 bridgehead atoms. The Morgan fingerprint density at radius 2 is 1.82 bits per heavy atom. The van der Waals surface area contributed by atoms with Gasteiger partial charge in [-0.3, -0.25) is 9.59 Å². The second kappa shape index (κ2) is 9.25. The monoisotopic (exact) mass is 390 g/mol. The maximum absolute atomic E-state index is 12.9. The van der Waals surface area contributed by atoms with Crippen LogP contribution < -0.4 is 14.8 Å². The fourth-order valence-electron chi connectivity index (χ4n) is 3.11. The molecule has 0 aliphatic rings. The van der Waals surface area contributed by atoms with Crippen LogP contribution in [-0.2, 0) is 14.3 Å². The SMILES string of the molecule is COC(=O)CC(NC(=O)C(C)c1c(C)noc1C)c1ccc(OC)c(OC)c1. The quantitative estimate of drug-likeness (QED) is 0.692. The van der Waals surface area contributed by atoms with Crippen molar-refractivity contribution in [2.24, 2.45) is 0 Å². The number of carbonyl (C=O) groups excluding carboxylic acids is 2. The Bertz CT molecular complexity index is 826. The van der Waals surface area contributed by atoms with Crippen molar-refractivity contribution in [1.29, 1.82) is 0 Å². The second-order valence-corrected chi connectivity index (χ2v) is 6.42. The Morgan fingerprint density at radius 1 is 1.14 bits per heavy atom. The van der Waals surface area contributed by atoms with E-state index in [1.165, 1.54) is 21.3 Å². The van der Waals surface area contributed by atoms with E-state index in [0.717, 1.165) is 5.56 Å². The third kappa shape index (κ3) is 4.62. The standard InChI is InChI=1S/C20H26N2O6/c1-11(19-12(2)22-28-13(19)3)20(24)21-15(10-18(23)27-6)14-7-8-16(25-4)17(9-14)26-5/h7-9,11,15H,10H2,1-6H3,(H,21,24). The first-order valence-corrected chi connectivity index (χ1v) is 8.84. The molecule has 0 spiro atoms. The first kappa shape index (κ1) is 21.3. The first-order chi connectivity index (χ1) is 13.3. The predicted octanol–water partition coefficient (Wildman–Crippen LogP) is 2.83. The fourth-order valence-corrected chi connectivity index (χ4v) is 3.11. The van der Waals surface area contributed by atoms with Crippen LogP contribution in [0.1, 0.15) is 47.9 Å². The predicted molar refractivity (Wildman–Crippen MR) is 101 cm³/mol. The van der Waals surface area contributed by atoms with Gasteiger partial charge in [0.25, 0.3) is 0 Å². The molecule has 0 saturated heterocycles. The van der Waals surface area contributed by atoms with Crippen molar-refractivity contribution in [1.82, 2.24) is 10.5 Å². The zero-order valence-electron chi connectivity index (χ0n) is 17.0. The Hall–Kier alpha value is -3.03. The zero-order valence-corrected chi connectivity index (χ0v) is 17.0. The number of aromatic nitrogens is 1. The van der Waals surface area contributed by atoms with Gasteiger partial charge in [-0.1, -0.05) is 11.2 Å². The number of hydrogen-bond donors (Lipinski definition) is 1. The topological polar surface area (TPSA) is 99.9 Å². The van der Waals surface area contributed by atoms with Crippen molar-refractivity contribution in [2.45, 2.75) is 39.2 Å². The minimum Gasteiger partial charge on any atom is -0.493 e. The number of aryl methyl sites for hydroxylation is 2. The highest BCUT2D eigenvalue weighted by atomic mass is 16.5. The summed E-state index contributed by atoms with van der Waals surface area (Å²) in [5, 5.41) is 6.83. The molecule has 1 aromatic carbocycles. The second-order valence-electron chi connectivity index (χ2n) is 6.42. The first-order valence-electron chi connectivity index (χ1n) is 8.84. The number of benzene rings is 1. The van der Waals surface area contributed by atoms with Crippen molar-refractivity contribution in [3.05, 3.63) is 40.8 Å². The van der Waals surface area contributed by atoms with Crippen LogP contribution in [-0.4, -0.2) is 38.4 Å². The molecule has 2 rings (SSSR count). The van der Waals surface area contributed by atoms with Gasteiger partial charge in [0.05, 0.1) is 45.4 Å². The molecule has 1 heterocycles. The number of esters is 1. The number of ether oxygens (including phenoxy) is 3. The van der Waals surface area contributed by atoms with Gasteiger partial charge in [0, 0.05) is 5.56 Å².